The quantitative estimate of drug-likeness (QED) is 0.799. The lowest BCUT2D eigenvalue weighted by molar-refractivity contribution is -0.142. The van der Waals surface area contributed by atoms with E-state index in [1.54, 1.807) is 6.20 Å². The number of ether oxygens (including phenoxy) is 1. The Morgan fingerprint density at radius 1 is 1.40 bits per heavy atom. The Hall–Kier alpha value is -1.86. The SMILES string of the molecule is COC(=O)[C@H](Cc1c[nH]c2ccccc12)NS(C)(=O)=O. The molecule has 6 nitrogen and oxygen atoms in total. The van der Waals surface area contributed by atoms with Crippen molar-refractivity contribution in [2.24, 2.45) is 0 Å². The lowest BCUT2D eigenvalue weighted by Crippen LogP contribution is -2.42. The van der Waals surface area contributed by atoms with Gasteiger partial charge in [-0.05, 0) is 11.6 Å². The van der Waals surface area contributed by atoms with Gasteiger partial charge >= 0.3 is 5.97 Å². The van der Waals surface area contributed by atoms with Crippen LogP contribution >= 0.6 is 0 Å². The Morgan fingerprint density at radius 3 is 2.75 bits per heavy atom. The van der Waals surface area contributed by atoms with Gasteiger partial charge in [0.05, 0.1) is 13.4 Å². The number of nitrogens with one attached hydrogen (secondary N) is 2. The first kappa shape index (κ1) is 14.5. The van der Waals surface area contributed by atoms with Crippen LogP contribution in [0.25, 0.3) is 10.9 Å². The number of methoxy groups -OCH3 is 1. The largest absolute Gasteiger partial charge is 0.468 e. The molecule has 1 atom stereocenters. The van der Waals surface area contributed by atoms with Gasteiger partial charge in [-0.3, -0.25) is 4.79 Å². The average Bonchev–Trinajstić information content (AvgIpc) is 2.79. The van der Waals surface area contributed by atoms with Crippen molar-refractivity contribution in [1.82, 2.24) is 9.71 Å². The predicted octanol–water partition coefficient (Wildman–Crippen LogP) is 0.801. The van der Waals surface area contributed by atoms with Crippen LogP contribution in [0.3, 0.4) is 0 Å². The highest BCUT2D eigenvalue weighted by molar-refractivity contribution is 7.88. The molecule has 0 saturated carbocycles. The van der Waals surface area contributed by atoms with Crippen LogP contribution < -0.4 is 4.72 Å². The fraction of sp³-hybridized carbons (Fsp3) is 0.308. The summed E-state index contributed by atoms with van der Waals surface area (Å²) in [5.41, 5.74) is 1.79. The summed E-state index contributed by atoms with van der Waals surface area (Å²) in [4.78, 5) is 14.8. The van der Waals surface area contributed by atoms with E-state index in [9.17, 15) is 13.2 Å². The fourth-order valence-electron chi connectivity index (χ4n) is 2.09. The molecular weight excluding hydrogens is 280 g/mol. The number of aromatic nitrogens is 1. The summed E-state index contributed by atoms with van der Waals surface area (Å²) < 4.78 is 29.6. The van der Waals surface area contributed by atoms with Gasteiger partial charge in [0, 0.05) is 23.5 Å². The van der Waals surface area contributed by atoms with E-state index in [4.69, 9.17) is 0 Å². The number of benzene rings is 1. The first-order chi connectivity index (χ1) is 9.40. The molecule has 0 amide bonds. The third-order valence-electron chi connectivity index (χ3n) is 2.94. The molecule has 108 valence electrons. The van der Waals surface area contributed by atoms with Crippen molar-refractivity contribution < 1.29 is 17.9 Å². The molecule has 0 aliphatic rings. The molecule has 7 heteroatoms. The maximum absolute atomic E-state index is 11.7. The molecule has 0 aliphatic carbocycles. The van der Waals surface area contributed by atoms with Gasteiger partial charge < -0.3 is 9.72 Å². The van der Waals surface area contributed by atoms with Gasteiger partial charge in [0.1, 0.15) is 6.04 Å². The Labute approximate surface area is 117 Å². The normalized spacial score (nSPS) is 13.3. The zero-order chi connectivity index (χ0) is 14.8. The van der Waals surface area contributed by atoms with Gasteiger partial charge in [-0.2, -0.15) is 0 Å². The number of H-pyrrole nitrogens is 1. The van der Waals surface area contributed by atoms with Gasteiger partial charge in [-0.1, -0.05) is 18.2 Å². The second-order valence-corrected chi connectivity index (χ2v) is 6.31. The van der Waals surface area contributed by atoms with Crippen LogP contribution in [0, 0.1) is 0 Å². The van der Waals surface area contributed by atoms with E-state index in [0.717, 1.165) is 22.7 Å². The maximum atomic E-state index is 11.7. The van der Waals surface area contributed by atoms with Crippen molar-refractivity contribution in [3.05, 3.63) is 36.0 Å². The summed E-state index contributed by atoms with van der Waals surface area (Å²) in [6.45, 7) is 0. The minimum atomic E-state index is -3.50. The second kappa shape index (κ2) is 5.64. The molecule has 2 aromatic rings. The highest BCUT2D eigenvalue weighted by Gasteiger charge is 2.24. The number of carbonyl (C=O) groups is 1. The third kappa shape index (κ3) is 3.37. The number of hydrogen-bond acceptors (Lipinski definition) is 4. The van der Waals surface area contributed by atoms with Gasteiger partial charge in [0.25, 0.3) is 0 Å². The van der Waals surface area contributed by atoms with Crippen LogP contribution in [0.2, 0.25) is 0 Å². The van der Waals surface area contributed by atoms with Crippen LogP contribution in [0.15, 0.2) is 30.5 Å². The number of hydrogen-bond donors (Lipinski definition) is 2. The second-order valence-electron chi connectivity index (χ2n) is 4.53. The van der Waals surface area contributed by atoms with Crippen LogP contribution in [-0.2, 0) is 26.0 Å². The van der Waals surface area contributed by atoms with Crippen molar-refractivity contribution in [3.8, 4) is 0 Å². The molecule has 0 unspecified atom stereocenters. The molecule has 1 aromatic carbocycles. The summed E-state index contributed by atoms with van der Waals surface area (Å²) in [5, 5.41) is 0.955. The minimum Gasteiger partial charge on any atom is -0.468 e. The summed E-state index contributed by atoms with van der Waals surface area (Å²) in [5.74, 6) is -0.610. The molecule has 0 bridgehead atoms. The van der Waals surface area contributed by atoms with Gasteiger partial charge in [-0.25, -0.2) is 13.1 Å². The van der Waals surface area contributed by atoms with E-state index in [0.29, 0.717) is 0 Å². The standard InChI is InChI=1S/C13H16N2O4S/c1-19-13(16)12(15-20(2,17)18)7-9-8-14-11-6-4-3-5-10(9)11/h3-6,8,12,14-15H,7H2,1-2H3/t12-/m0/s1. The number of aromatic amines is 1. The molecule has 0 saturated heterocycles. The smallest absolute Gasteiger partial charge is 0.324 e. The van der Waals surface area contributed by atoms with Crippen LogP contribution in [-0.4, -0.2) is 38.8 Å². The Kier molecular flexibility index (Phi) is 4.10. The molecule has 1 aromatic heterocycles. The lowest BCUT2D eigenvalue weighted by Gasteiger charge is -2.14. The molecule has 0 radical (unpaired) electrons. The number of fused-ring (bicyclic) bond motifs is 1. The van der Waals surface area contributed by atoms with Gasteiger partial charge in [0.15, 0.2) is 0 Å². The number of esters is 1. The van der Waals surface area contributed by atoms with Crippen molar-refractivity contribution in [2.75, 3.05) is 13.4 Å². The molecule has 2 rings (SSSR count). The van der Waals surface area contributed by atoms with E-state index in [-0.39, 0.29) is 6.42 Å². The van der Waals surface area contributed by atoms with Crippen molar-refractivity contribution in [2.45, 2.75) is 12.5 Å². The summed E-state index contributed by atoms with van der Waals surface area (Å²) in [7, 11) is -2.27. The van der Waals surface area contributed by atoms with E-state index in [1.807, 2.05) is 24.3 Å². The van der Waals surface area contributed by atoms with E-state index in [2.05, 4.69) is 14.4 Å². The monoisotopic (exact) mass is 296 g/mol. The number of rotatable bonds is 5. The maximum Gasteiger partial charge on any atom is 0.324 e. The zero-order valence-corrected chi connectivity index (χ0v) is 12.0. The molecule has 2 N–H and O–H groups in total. The molecule has 0 aliphatic heterocycles. The van der Waals surface area contributed by atoms with E-state index in [1.165, 1.54) is 7.11 Å². The Morgan fingerprint density at radius 2 is 2.10 bits per heavy atom. The van der Waals surface area contributed by atoms with Crippen LogP contribution in [0.5, 0.6) is 0 Å². The first-order valence-electron chi connectivity index (χ1n) is 6.01. The number of carbonyl (C=O) groups excluding carboxylic acids is 1. The van der Waals surface area contributed by atoms with Crippen molar-refractivity contribution in [3.63, 3.8) is 0 Å². The fourth-order valence-corrected chi connectivity index (χ4v) is 2.79. The molecule has 20 heavy (non-hydrogen) atoms. The molecule has 0 spiro atoms. The summed E-state index contributed by atoms with van der Waals surface area (Å²) >= 11 is 0. The number of sulfonamides is 1. The zero-order valence-electron chi connectivity index (χ0n) is 11.2. The number of para-hydroxylation sites is 1. The molecule has 1 heterocycles. The Bertz CT molecular complexity index is 721. The predicted molar refractivity (Wildman–Crippen MR) is 75.8 cm³/mol. The topological polar surface area (TPSA) is 88.3 Å². The summed E-state index contributed by atoms with van der Waals surface area (Å²) in [6.07, 6.45) is 3.01. The van der Waals surface area contributed by atoms with E-state index < -0.39 is 22.0 Å². The third-order valence-corrected chi connectivity index (χ3v) is 3.65. The lowest BCUT2D eigenvalue weighted by atomic mass is 10.1. The minimum absolute atomic E-state index is 0.226. The highest BCUT2D eigenvalue weighted by Crippen LogP contribution is 2.19. The van der Waals surface area contributed by atoms with Crippen LogP contribution in [0.4, 0.5) is 0 Å². The molecule has 0 fully saturated rings. The van der Waals surface area contributed by atoms with Gasteiger partial charge in [0.2, 0.25) is 10.0 Å². The van der Waals surface area contributed by atoms with Crippen molar-refractivity contribution >= 4 is 26.9 Å². The first-order valence-corrected chi connectivity index (χ1v) is 7.90. The summed E-state index contributed by atoms with van der Waals surface area (Å²) in [6, 6.07) is 6.67. The van der Waals surface area contributed by atoms with Crippen LogP contribution in [0.1, 0.15) is 5.56 Å². The Balaban J connectivity index is 2.29. The van der Waals surface area contributed by atoms with E-state index >= 15 is 0 Å². The highest BCUT2D eigenvalue weighted by atomic mass is 32.2. The average molecular weight is 296 g/mol. The molecular formula is C13H16N2O4S. The van der Waals surface area contributed by atoms with Gasteiger partial charge in [-0.15, -0.1) is 0 Å². The van der Waals surface area contributed by atoms with Crippen molar-refractivity contribution in [1.29, 1.82) is 0 Å².